The molecule has 2 aromatic carbocycles. The van der Waals surface area contributed by atoms with Crippen LogP contribution in [0.15, 0.2) is 47.0 Å². The first-order valence-electron chi connectivity index (χ1n) is 7.90. The van der Waals surface area contributed by atoms with Crippen LogP contribution in [0, 0.1) is 6.92 Å². The summed E-state index contributed by atoms with van der Waals surface area (Å²) in [5, 5.41) is 3.91. The van der Waals surface area contributed by atoms with Gasteiger partial charge in [0.05, 0.1) is 19.8 Å². The van der Waals surface area contributed by atoms with Gasteiger partial charge in [-0.2, -0.15) is 4.98 Å². The molecule has 7 heteroatoms. The van der Waals surface area contributed by atoms with Crippen LogP contribution in [0.5, 0.6) is 11.5 Å². The van der Waals surface area contributed by atoms with Gasteiger partial charge in [-0.05, 0) is 31.2 Å². The van der Waals surface area contributed by atoms with Crippen LogP contribution in [0.3, 0.4) is 0 Å². The molecule has 0 amide bonds. The van der Waals surface area contributed by atoms with Crippen molar-refractivity contribution < 1.29 is 23.5 Å². The summed E-state index contributed by atoms with van der Waals surface area (Å²) in [6.45, 7) is 1.74. The molecule has 7 nitrogen and oxygen atoms in total. The van der Waals surface area contributed by atoms with E-state index in [9.17, 15) is 4.79 Å². The number of hydrogen-bond acceptors (Lipinski definition) is 7. The Morgan fingerprint density at radius 3 is 2.62 bits per heavy atom. The van der Waals surface area contributed by atoms with E-state index in [0.29, 0.717) is 28.5 Å². The van der Waals surface area contributed by atoms with Gasteiger partial charge in [-0.15, -0.1) is 0 Å². The van der Waals surface area contributed by atoms with E-state index in [1.807, 2.05) is 31.2 Å². The number of aromatic nitrogens is 2. The van der Waals surface area contributed by atoms with Crippen molar-refractivity contribution in [2.45, 2.75) is 13.5 Å². The number of methoxy groups -OCH3 is 2. The van der Waals surface area contributed by atoms with E-state index in [1.165, 1.54) is 7.11 Å². The highest BCUT2D eigenvalue weighted by molar-refractivity contribution is 5.92. The number of aryl methyl sites for hydroxylation is 1. The van der Waals surface area contributed by atoms with Crippen molar-refractivity contribution >= 4 is 5.97 Å². The van der Waals surface area contributed by atoms with Crippen molar-refractivity contribution in [1.82, 2.24) is 10.1 Å². The fourth-order valence-electron chi connectivity index (χ4n) is 2.44. The van der Waals surface area contributed by atoms with Gasteiger partial charge in [0.15, 0.2) is 6.61 Å². The summed E-state index contributed by atoms with van der Waals surface area (Å²) in [6.07, 6.45) is 0. The normalized spacial score (nSPS) is 10.4. The minimum atomic E-state index is -0.525. The Morgan fingerprint density at radius 2 is 1.85 bits per heavy atom. The SMILES string of the molecule is COc1ccc(C)cc1C(=O)OCc1nc(-c2ccccc2OC)no1. The van der Waals surface area contributed by atoms with Gasteiger partial charge in [0.2, 0.25) is 5.82 Å². The zero-order chi connectivity index (χ0) is 18.5. The number of nitrogens with zero attached hydrogens (tertiary/aromatic N) is 2. The molecule has 0 aliphatic rings. The molecule has 0 N–H and O–H groups in total. The second-order valence-corrected chi connectivity index (χ2v) is 5.49. The van der Waals surface area contributed by atoms with Gasteiger partial charge in [0.1, 0.15) is 17.1 Å². The Hall–Kier alpha value is -3.35. The lowest BCUT2D eigenvalue weighted by molar-refractivity contribution is 0.0426. The molecule has 1 aromatic heterocycles. The molecule has 3 rings (SSSR count). The molecule has 0 fully saturated rings. The summed E-state index contributed by atoms with van der Waals surface area (Å²) in [5.41, 5.74) is 1.96. The summed E-state index contributed by atoms with van der Waals surface area (Å²) in [7, 11) is 3.07. The predicted octanol–water partition coefficient (Wildman–Crippen LogP) is 3.42. The van der Waals surface area contributed by atoms with Gasteiger partial charge in [-0.3, -0.25) is 0 Å². The molecule has 1 heterocycles. The zero-order valence-corrected chi connectivity index (χ0v) is 14.7. The fourth-order valence-corrected chi connectivity index (χ4v) is 2.44. The molecular weight excluding hydrogens is 336 g/mol. The van der Waals surface area contributed by atoms with Gasteiger partial charge in [-0.1, -0.05) is 28.9 Å². The lowest BCUT2D eigenvalue weighted by Crippen LogP contribution is -2.07. The lowest BCUT2D eigenvalue weighted by atomic mass is 10.1. The van der Waals surface area contributed by atoms with Crippen LogP contribution >= 0.6 is 0 Å². The number of rotatable bonds is 6. The number of carbonyl (C=O) groups excluding carboxylic acids is 1. The number of ether oxygens (including phenoxy) is 3. The van der Waals surface area contributed by atoms with Crippen molar-refractivity contribution in [2.24, 2.45) is 0 Å². The maximum Gasteiger partial charge on any atom is 0.342 e. The second kappa shape index (κ2) is 7.69. The highest BCUT2D eigenvalue weighted by Crippen LogP contribution is 2.27. The van der Waals surface area contributed by atoms with E-state index in [4.69, 9.17) is 18.7 Å². The summed E-state index contributed by atoms with van der Waals surface area (Å²) in [6, 6.07) is 12.6. The first-order valence-corrected chi connectivity index (χ1v) is 7.90. The molecule has 0 atom stereocenters. The highest BCUT2D eigenvalue weighted by atomic mass is 16.6. The largest absolute Gasteiger partial charge is 0.496 e. The van der Waals surface area contributed by atoms with Crippen molar-refractivity contribution in [2.75, 3.05) is 14.2 Å². The van der Waals surface area contributed by atoms with Crippen LogP contribution in [-0.4, -0.2) is 30.3 Å². The topological polar surface area (TPSA) is 83.7 Å². The third kappa shape index (κ3) is 3.66. The van der Waals surface area contributed by atoms with Gasteiger partial charge in [0.25, 0.3) is 5.89 Å². The Balaban J connectivity index is 1.72. The minimum Gasteiger partial charge on any atom is -0.496 e. The molecule has 0 radical (unpaired) electrons. The molecule has 0 spiro atoms. The zero-order valence-electron chi connectivity index (χ0n) is 14.7. The maximum atomic E-state index is 12.3. The van der Waals surface area contributed by atoms with Crippen LogP contribution in [-0.2, 0) is 11.3 Å². The van der Waals surface area contributed by atoms with Crippen molar-refractivity contribution in [1.29, 1.82) is 0 Å². The summed E-state index contributed by atoms with van der Waals surface area (Å²) >= 11 is 0. The molecule has 0 saturated carbocycles. The molecule has 0 aliphatic heterocycles. The Kier molecular flexibility index (Phi) is 5.17. The van der Waals surface area contributed by atoms with Crippen LogP contribution in [0.4, 0.5) is 0 Å². The standard InChI is InChI=1S/C19H18N2O5/c1-12-8-9-16(24-3)14(10-12)19(22)25-11-17-20-18(21-26-17)13-6-4-5-7-15(13)23-2/h4-10H,11H2,1-3H3. The predicted molar refractivity (Wildman–Crippen MR) is 93.1 cm³/mol. The molecule has 0 aliphatic carbocycles. The number of hydrogen-bond donors (Lipinski definition) is 0. The summed E-state index contributed by atoms with van der Waals surface area (Å²) < 4.78 is 20.9. The minimum absolute atomic E-state index is 0.141. The summed E-state index contributed by atoms with van der Waals surface area (Å²) in [5.74, 6) is 1.09. The molecular formula is C19H18N2O5. The Labute approximate surface area is 150 Å². The maximum absolute atomic E-state index is 12.3. The van der Waals surface area contributed by atoms with Crippen LogP contribution in [0.1, 0.15) is 21.8 Å². The molecule has 134 valence electrons. The summed E-state index contributed by atoms with van der Waals surface area (Å²) in [4.78, 5) is 16.6. The number of para-hydroxylation sites is 1. The Morgan fingerprint density at radius 1 is 1.08 bits per heavy atom. The van der Waals surface area contributed by atoms with Crippen molar-refractivity contribution in [3.05, 3.63) is 59.5 Å². The Bertz CT molecular complexity index is 920. The molecule has 3 aromatic rings. The van der Waals surface area contributed by atoms with Crippen molar-refractivity contribution in [3.63, 3.8) is 0 Å². The molecule has 0 bridgehead atoms. The van der Waals surface area contributed by atoms with E-state index in [2.05, 4.69) is 10.1 Å². The van der Waals surface area contributed by atoms with Gasteiger partial charge < -0.3 is 18.7 Å². The monoisotopic (exact) mass is 354 g/mol. The lowest BCUT2D eigenvalue weighted by Gasteiger charge is -2.08. The van der Waals surface area contributed by atoms with Crippen molar-refractivity contribution in [3.8, 4) is 22.9 Å². The average Bonchev–Trinajstić information content (AvgIpc) is 3.14. The molecule has 26 heavy (non-hydrogen) atoms. The van der Waals surface area contributed by atoms with Gasteiger partial charge >= 0.3 is 5.97 Å². The molecule has 0 saturated heterocycles. The third-order valence-corrected chi connectivity index (χ3v) is 3.72. The molecule has 0 unspecified atom stereocenters. The van der Waals surface area contributed by atoms with E-state index >= 15 is 0 Å². The quantitative estimate of drug-likeness (QED) is 0.627. The van der Waals surface area contributed by atoms with Crippen LogP contribution in [0.25, 0.3) is 11.4 Å². The van der Waals surface area contributed by atoms with Gasteiger partial charge in [0, 0.05) is 0 Å². The number of benzene rings is 2. The second-order valence-electron chi connectivity index (χ2n) is 5.49. The third-order valence-electron chi connectivity index (χ3n) is 3.72. The van der Waals surface area contributed by atoms with E-state index in [0.717, 1.165) is 5.56 Å². The first-order chi connectivity index (χ1) is 12.6. The van der Waals surface area contributed by atoms with E-state index < -0.39 is 5.97 Å². The number of esters is 1. The first kappa shape index (κ1) is 17.5. The number of carbonyl (C=O) groups is 1. The fraction of sp³-hybridized carbons (Fsp3) is 0.211. The van der Waals surface area contributed by atoms with E-state index in [-0.39, 0.29) is 12.5 Å². The van der Waals surface area contributed by atoms with E-state index in [1.54, 1.807) is 25.3 Å². The van der Waals surface area contributed by atoms with Crippen LogP contribution < -0.4 is 9.47 Å². The smallest absolute Gasteiger partial charge is 0.342 e. The van der Waals surface area contributed by atoms with Crippen LogP contribution in [0.2, 0.25) is 0 Å². The highest BCUT2D eigenvalue weighted by Gasteiger charge is 2.17. The van der Waals surface area contributed by atoms with Gasteiger partial charge in [-0.25, -0.2) is 4.79 Å². The average molecular weight is 354 g/mol.